The largest absolute Gasteiger partial charge is 0.351 e. The zero-order valence-corrected chi connectivity index (χ0v) is 13.8. The first kappa shape index (κ1) is 16.6. The van der Waals surface area contributed by atoms with Crippen molar-refractivity contribution in [1.82, 2.24) is 15.2 Å². The van der Waals surface area contributed by atoms with Crippen molar-refractivity contribution in [2.75, 3.05) is 13.1 Å². The van der Waals surface area contributed by atoms with Gasteiger partial charge in [-0.1, -0.05) is 18.2 Å². The van der Waals surface area contributed by atoms with Gasteiger partial charge in [0.15, 0.2) is 0 Å². The van der Waals surface area contributed by atoms with Crippen LogP contribution in [0, 0.1) is 5.82 Å². The van der Waals surface area contributed by atoms with Gasteiger partial charge in [0.1, 0.15) is 5.82 Å². The predicted molar refractivity (Wildman–Crippen MR) is 90.9 cm³/mol. The molecule has 2 aromatic rings. The standard InChI is InChI=1S/C19H22FN3O/c1-14-9-17(16-4-6-18(20)7-5-16)12-23(14)13-19(24)22-11-15-3-2-8-21-10-15/h2-8,10,14,17H,9,11-13H2,1H3,(H,22,24)/t14-,17+/m1/s1. The minimum Gasteiger partial charge on any atom is -0.351 e. The van der Waals surface area contributed by atoms with Crippen molar-refractivity contribution in [3.05, 3.63) is 65.7 Å². The van der Waals surface area contributed by atoms with Gasteiger partial charge in [-0.25, -0.2) is 4.39 Å². The van der Waals surface area contributed by atoms with Crippen LogP contribution in [0.4, 0.5) is 4.39 Å². The minimum absolute atomic E-state index is 0.0189. The molecule has 1 aliphatic rings. The molecule has 0 saturated carbocycles. The van der Waals surface area contributed by atoms with E-state index in [4.69, 9.17) is 0 Å². The molecular weight excluding hydrogens is 305 g/mol. The Hall–Kier alpha value is -2.27. The van der Waals surface area contributed by atoms with E-state index < -0.39 is 0 Å². The molecule has 0 aliphatic carbocycles. The van der Waals surface area contributed by atoms with Crippen LogP contribution >= 0.6 is 0 Å². The Kier molecular flexibility index (Phi) is 5.20. The molecule has 1 aromatic carbocycles. The third-order valence-corrected chi connectivity index (χ3v) is 4.60. The van der Waals surface area contributed by atoms with E-state index in [0.717, 1.165) is 24.1 Å². The molecule has 1 N–H and O–H groups in total. The van der Waals surface area contributed by atoms with E-state index >= 15 is 0 Å². The van der Waals surface area contributed by atoms with E-state index in [1.807, 2.05) is 24.3 Å². The van der Waals surface area contributed by atoms with Crippen molar-refractivity contribution >= 4 is 5.91 Å². The summed E-state index contributed by atoms with van der Waals surface area (Å²) in [7, 11) is 0. The topological polar surface area (TPSA) is 45.2 Å². The Bertz CT molecular complexity index is 675. The van der Waals surface area contributed by atoms with Gasteiger partial charge in [-0.15, -0.1) is 0 Å². The molecule has 1 aromatic heterocycles. The van der Waals surface area contributed by atoms with Gasteiger partial charge in [-0.05, 0) is 48.6 Å². The maximum Gasteiger partial charge on any atom is 0.234 e. The number of nitrogens with one attached hydrogen (secondary N) is 1. The highest BCUT2D eigenvalue weighted by molar-refractivity contribution is 5.78. The third kappa shape index (κ3) is 4.17. The number of halogens is 1. The fourth-order valence-corrected chi connectivity index (χ4v) is 3.24. The number of aromatic nitrogens is 1. The number of carbonyl (C=O) groups is 1. The first-order valence-corrected chi connectivity index (χ1v) is 8.27. The lowest BCUT2D eigenvalue weighted by molar-refractivity contribution is -0.122. The normalized spacial score (nSPS) is 20.9. The Balaban J connectivity index is 1.51. The van der Waals surface area contributed by atoms with Crippen molar-refractivity contribution in [1.29, 1.82) is 0 Å². The van der Waals surface area contributed by atoms with Gasteiger partial charge in [0, 0.05) is 31.5 Å². The molecule has 0 unspecified atom stereocenters. The maximum atomic E-state index is 13.1. The van der Waals surface area contributed by atoms with Crippen LogP contribution in [-0.2, 0) is 11.3 Å². The molecule has 1 saturated heterocycles. The molecule has 5 heteroatoms. The molecule has 0 spiro atoms. The van der Waals surface area contributed by atoms with Gasteiger partial charge in [-0.3, -0.25) is 14.7 Å². The van der Waals surface area contributed by atoms with Gasteiger partial charge in [-0.2, -0.15) is 0 Å². The average Bonchev–Trinajstić information content (AvgIpc) is 2.95. The summed E-state index contributed by atoms with van der Waals surface area (Å²) in [5.74, 6) is 0.161. The molecular formula is C19H22FN3O. The highest BCUT2D eigenvalue weighted by Crippen LogP contribution is 2.31. The van der Waals surface area contributed by atoms with Crippen LogP contribution in [0.25, 0.3) is 0 Å². The smallest absolute Gasteiger partial charge is 0.234 e. The summed E-state index contributed by atoms with van der Waals surface area (Å²) in [6.45, 7) is 3.85. The van der Waals surface area contributed by atoms with Crippen LogP contribution in [0.15, 0.2) is 48.8 Å². The van der Waals surface area contributed by atoms with Gasteiger partial charge in [0.25, 0.3) is 0 Å². The molecule has 0 radical (unpaired) electrons. The van der Waals surface area contributed by atoms with E-state index in [0.29, 0.717) is 25.0 Å². The Morgan fingerprint density at radius 2 is 2.12 bits per heavy atom. The van der Waals surface area contributed by atoms with E-state index in [2.05, 4.69) is 22.1 Å². The van der Waals surface area contributed by atoms with Gasteiger partial charge in [0.05, 0.1) is 6.54 Å². The summed E-state index contributed by atoms with van der Waals surface area (Å²) in [5, 5.41) is 2.94. The number of amides is 1. The van der Waals surface area contributed by atoms with Gasteiger partial charge in [0.2, 0.25) is 5.91 Å². The average molecular weight is 327 g/mol. The van der Waals surface area contributed by atoms with Crippen molar-refractivity contribution in [2.45, 2.75) is 31.8 Å². The van der Waals surface area contributed by atoms with Crippen molar-refractivity contribution in [3.8, 4) is 0 Å². The summed E-state index contributed by atoms with van der Waals surface area (Å²) in [6.07, 6.45) is 4.46. The minimum atomic E-state index is -0.212. The van der Waals surface area contributed by atoms with Crippen LogP contribution in [-0.4, -0.2) is 34.9 Å². The second kappa shape index (κ2) is 7.53. The number of rotatable bonds is 5. The van der Waals surface area contributed by atoms with E-state index in [9.17, 15) is 9.18 Å². The fourth-order valence-electron chi connectivity index (χ4n) is 3.24. The molecule has 2 heterocycles. The molecule has 126 valence electrons. The van der Waals surface area contributed by atoms with Crippen LogP contribution in [0.3, 0.4) is 0 Å². The summed E-state index contributed by atoms with van der Waals surface area (Å²) >= 11 is 0. The van der Waals surface area contributed by atoms with Crippen molar-refractivity contribution < 1.29 is 9.18 Å². The number of carbonyl (C=O) groups excluding carboxylic acids is 1. The number of benzene rings is 1. The Morgan fingerprint density at radius 1 is 1.33 bits per heavy atom. The monoisotopic (exact) mass is 327 g/mol. The SMILES string of the molecule is C[C@@H]1C[C@H](c2ccc(F)cc2)CN1CC(=O)NCc1cccnc1. The maximum absolute atomic E-state index is 13.1. The summed E-state index contributed by atoms with van der Waals surface area (Å²) in [5.41, 5.74) is 2.13. The second-order valence-electron chi connectivity index (χ2n) is 6.40. The van der Waals surface area contributed by atoms with E-state index in [1.54, 1.807) is 12.4 Å². The summed E-state index contributed by atoms with van der Waals surface area (Å²) in [4.78, 5) is 18.4. The number of hydrogen-bond donors (Lipinski definition) is 1. The first-order valence-electron chi connectivity index (χ1n) is 8.27. The lowest BCUT2D eigenvalue weighted by Crippen LogP contribution is -2.38. The molecule has 4 nitrogen and oxygen atoms in total. The quantitative estimate of drug-likeness (QED) is 0.918. The second-order valence-corrected chi connectivity index (χ2v) is 6.40. The zero-order chi connectivity index (χ0) is 16.9. The predicted octanol–water partition coefficient (Wildman–Crippen LogP) is 2.71. The number of nitrogens with zero attached hydrogens (tertiary/aromatic N) is 2. The lowest BCUT2D eigenvalue weighted by Gasteiger charge is -2.20. The van der Waals surface area contributed by atoms with Crippen LogP contribution < -0.4 is 5.32 Å². The lowest BCUT2D eigenvalue weighted by atomic mass is 9.97. The number of hydrogen-bond acceptors (Lipinski definition) is 3. The van der Waals surface area contributed by atoms with Crippen molar-refractivity contribution in [3.63, 3.8) is 0 Å². The van der Waals surface area contributed by atoms with E-state index in [-0.39, 0.29) is 11.7 Å². The fraction of sp³-hybridized carbons (Fsp3) is 0.368. The van der Waals surface area contributed by atoms with Crippen LogP contribution in [0.2, 0.25) is 0 Å². The number of pyridine rings is 1. The van der Waals surface area contributed by atoms with Gasteiger partial charge >= 0.3 is 0 Å². The Labute approximate surface area is 141 Å². The summed E-state index contributed by atoms with van der Waals surface area (Å²) in [6, 6.07) is 10.8. The first-order chi connectivity index (χ1) is 11.6. The molecule has 0 bridgehead atoms. The summed E-state index contributed by atoms with van der Waals surface area (Å²) < 4.78 is 13.1. The Morgan fingerprint density at radius 3 is 2.83 bits per heavy atom. The molecule has 1 aliphatic heterocycles. The molecule has 1 amide bonds. The van der Waals surface area contributed by atoms with E-state index in [1.165, 1.54) is 12.1 Å². The highest BCUT2D eigenvalue weighted by Gasteiger charge is 2.31. The van der Waals surface area contributed by atoms with Crippen LogP contribution in [0.5, 0.6) is 0 Å². The molecule has 1 fully saturated rings. The van der Waals surface area contributed by atoms with Crippen LogP contribution in [0.1, 0.15) is 30.4 Å². The molecule has 3 rings (SSSR count). The number of likely N-dealkylation sites (tertiary alicyclic amines) is 1. The molecule has 2 atom stereocenters. The molecule has 24 heavy (non-hydrogen) atoms. The zero-order valence-electron chi connectivity index (χ0n) is 13.8. The van der Waals surface area contributed by atoms with Gasteiger partial charge < -0.3 is 5.32 Å². The van der Waals surface area contributed by atoms with Crippen molar-refractivity contribution in [2.24, 2.45) is 0 Å². The third-order valence-electron chi connectivity index (χ3n) is 4.60. The highest BCUT2D eigenvalue weighted by atomic mass is 19.1.